The van der Waals surface area contributed by atoms with Crippen molar-refractivity contribution in [2.24, 2.45) is 0 Å². The van der Waals surface area contributed by atoms with Crippen LogP contribution in [0.1, 0.15) is 309 Å². The van der Waals surface area contributed by atoms with E-state index in [1.165, 1.54) is 186 Å². The first-order valence-corrected chi connectivity index (χ1v) is 34.8. The first-order chi connectivity index (χ1) is 40.6. The summed E-state index contributed by atoms with van der Waals surface area (Å²) < 4.78 is 23.0. The molecule has 0 saturated carbocycles. The molecule has 0 rings (SSSR count). The van der Waals surface area contributed by atoms with Crippen molar-refractivity contribution in [3.05, 3.63) is 85.1 Å². The van der Waals surface area contributed by atoms with Crippen LogP contribution in [0.25, 0.3) is 0 Å². The van der Waals surface area contributed by atoms with Crippen LogP contribution in [0.5, 0.6) is 0 Å². The van der Waals surface area contributed by atoms with Crippen molar-refractivity contribution in [2.45, 2.75) is 322 Å². The summed E-state index contributed by atoms with van der Waals surface area (Å²) in [5.74, 6) is -2.01. The van der Waals surface area contributed by atoms with E-state index in [2.05, 4.69) is 98.9 Å². The van der Waals surface area contributed by atoms with Crippen LogP contribution < -0.4 is 0 Å². The maximum atomic E-state index is 12.9. The maximum Gasteiger partial charge on any atom is 0.361 e. The molecule has 0 aliphatic heterocycles. The fraction of sp³-hybridized carbons (Fsp3) is 0.770. The van der Waals surface area contributed by atoms with Gasteiger partial charge >= 0.3 is 17.9 Å². The summed E-state index contributed by atoms with van der Waals surface area (Å²) in [6, 6.07) is 0. The van der Waals surface area contributed by atoms with Crippen LogP contribution >= 0.6 is 0 Å². The highest BCUT2D eigenvalue weighted by molar-refractivity contribution is 5.71. The van der Waals surface area contributed by atoms with Crippen molar-refractivity contribution in [1.29, 1.82) is 0 Å². The summed E-state index contributed by atoms with van der Waals surface area (Å²) in [5.41, 5.74) is 0. The number of esters is 2. The molecule has 0 radical (unpaired) electrons. The van der Waals surface area contributed by atoms with Gasteiger partial charge < -0.3 is 28.5 Å². The zero-order valence-corrected chi connectivity index (χ0v) is 54.8. The van der Waals surface area contributed by atoms with Crippen molar-refractivity contribution in [2.75, 3.05) is 47.5 Å². The van der Waals surface area contributed by atoms with Crippen molar-refractivity contribution in [3.63, 3.8) is 0 Å². The Balaban J connectivity index is 4.15. The molecule has 83 heavy (non-hydrogen) atoms. The van der Waals surface area contributed by atoms with Crippen LogP contribution in [0.15, 0.2) is 85.1 Å². The van der Waals surface area contributed by atoms with Gasteiger partial charge in [0.25, 0.3) is 6.29 Å². The quantitative estimate of drug-likeness (QED) is 0.0211. The fourth-order valence-corrected chi connectivity index (χ4v) is 9.88. The van der Waals surface area contributed by atoms with Gasteiger partial charge in [0.15, 0.2) is 6.10 Å². The van der Waals surface area contributed by atoms with E-state index in [9.17, 15) is 19.5 Å². The predicted molar refractivity (Wildman–Crippen MR) is 355 cm³/mol. The summed E-state index contributed by atoms with van der Waals surface area (Å²) in [6.45, 7) is 4.79. The summed E-state index contributed by atoms with van der Waals surface area (Å²) in [5, 5.41) is 9.74. The van der Waals surface area contributed by atoms with Crippen LogP contribution in [-0.2, 0) is 33.3 Å². The minimum absolute atomic E-state index is 0.183. The lowest BCUT2D eigenvalue weighted by atomic mass is 10.0. The van der Waals surface area contributed by atoms with Crippen LogP contribution in [0, 0.1) is 0 Å². The Morgan fingerprint density at radius 1 is 0.373 bits per heavy atom. The second-order valence-corrected chi connectivity index (χ2v) is 24.5. The Morgan fingerprint density at radius 2 is 0.687 bits per heavy atom. The average Bonchev–Trinajstić information content (AvgIpc) is 3.46. The Labute approximate surface area is 512 Å². The molecule has 0 fully saturated rings. The number of carboxylic acid groups (broad SMARTS) is 1. The molecule has 0 aromatic rings. The Bertz CT molecular complexity index is 1640. The van der Waals surface area contributed by atoms with Gasteiger partial charge in [0.2, 0.25) is 0 Å². The summed E-state index contributed by atoms with van der Waals surface area (Å²) >= 11 is 0. The van der Waals surface area contributed by atoms with E-state index in [1.54, 1.807) is 0 Å². The Kier molecular flexibility index (Phi) is 61.7. The van der Waals surface area contributed by atoms with Crippen LogP contribution in [0.2, 0.25) is 0 Å². The second kappa shape index (κ2) is 64.5. The maximum absolute atomic E-state index is 12.9. The number of ether oxygens (including phenoxy) is 4. The standard InChI is InChI=1S/C74H131NO8/c1-6-8-10-12-14-16-18-20-22-24-26-28-30-32-34-36-38-40-42-44-46-48-50-52-54-56-58-60-62-64-71(76)81-68-70(69-82-74(73(78)79)80-67-66-75(3,4)5)83-72(77)65-63-61-59-57-55-53-51-49-47-45-43-41-39-37-35-33-31-29-27-25-23-21-19-17-15-13-11-9-7-2/h9,11,15,17,21,23,27,29,33,35,39,41,45,47,70,74H,6-8,10,12-14,16,18-20,22,24-26,28,30-32,34,36-38,40,42-44,46,48-69H2,1-5H3/p+1/b11-9-,17-15-,23-21-,29-27-,35-33-,41-39-,47-45-. The molecule has 0 spiro atoms. The number of carboxylic acids is 1. The molecule has 0 aliphatic rings. The average molecular weight is 1160 g/mol. The van der Waals surface area contributed by atoms with Gasteiger partial charge in [0, 0.05) is 12.8 Å². The molecular weight excluding hydrogens is 1030 g/mol. The van der Waals surface area contributed by atoms with Crippen LogP contribution in [0.3, 0.4) is 0 Å². The summed E-state index contributed by atoms with van der Waals surface area (Å²) in [6.07, 6.45) is 84.1. The van der Waals surface area contributed by atoms with E-state index in [0.29, 0.717) is 23.9 Å². The SMILES string of the molecule is CC/C=C\C/C=C\C/C=C\C/C=C\C/C=C\C/C=C\C/C=C\CCCCCCCCCC(=O)OC(COC(=O)CCCCCCCCCCCCCCCCCCCCCCCCCCCCCCC)COC(OCC[N+](C)(C)C)C(=O)O. The molecular formula is C74H132NO8+. The smallest absolute Gasteiger partial charge is 0.361 e. The van der Waals surface area contributed by atoms with Gasteiger partial charge in [-0.15, -0.1) is 0 Å². The van der Waals surface area contributed by atoms with Crippen molar-refractivity contribution < 1.29 is 42.9 Å². The lowest BCUT2D eigenvalue weighted by molar-refractivity contribution is -0.870. The first-order valence-electron chi connectivity index (χ1n) is 34.8. The zero-order chi connectivity index (χ0) is 60.5. The molecule has 0 heterocycles. The van der Waals surface area contributed by atoms with Gasteiger partial charge in [0.05, 0.1) is 34.4 Å². The fourth-order valence-electron chi connectivity index (χ4n) is 9.88. The van der Waals surface area contributed by atoms with Gasteiger partial charge in [-0.3, -0.25) is 9.59 Å². The second-order valence-electron chi connectivity index (χ2n) is 24.5. The molecule has 480 valence electrons. The number of likely N-dealkylation sites (N-methyl/N-ethyl adjacent to an activating group) is 1. The van der Waals surface area contributed by atoms with E-state index in [0.717, 1.165) is 89.9 Å². The normalized spacial score (nSPS) is 13.2. The highest BCUT2D eigenvalue weighted by Crippen LogP contribution is 2.18. The number of quaternary nitrogens is 1. The molecule has 0 saturated heterocycles. The molecule has 1 N–H and O–H groups in total. The van der Waals surface area contributed by atoms with Gasteiger partial charge in [-0.25, -0.2) is 4.79 Å². The van der Waals surface area contributed by atoms with Gasteiger partial charge in [0.1, 0.15) is 13.2 Å². The minimum atomic E-state index is -1.52. The number of unbranched alkanes of at least 4 members (excludes halogenated alkanes) is 35. The molecule has 9 heteroatoms. The Morgan fingerprint density at radius 3 is 1.02 bits per heavy atom. The van der Waals surface area contributed by atoms with Gasteiger partial charge in [-0.05, 0) is 70.6 Å². The van der Waals surface area contributed by atoms with Crippen molar-refractivity contribution >= 4 is 17.9 Å². The first kappa shape index (κ1) is 79.5. The molecule has 0 aromatic carbocycles. The van der Waals surface area contributed by atoms with Crippen molar-refractivity contribution in [1.82, 2.24) is 0 Å². The third-order valence-electron chi connectivity index (χ3n) is 15.2. The molecule has 2 atom stereocenters. The molecule has 9 nitrogen and oxygen atoms in total. The van der Waals surface area contributed by atoms with Crippen molar-refractivity contribution in [3.8, 4) is 0 Å². The monoisotopic (exact) mass is 1160 g/mol. The topological polar surface area (TPSA) is 108 Å². The van der Waals surface area contributed by atoms with Gasteiger partial charge in [-0.1, -0.05) is 311 Å². The zero-order valence-electron chi connectivity index (χ0n) is 54.8. The third kappa shape index (κ3) is 65.9. The highest BCUT2D eigenvalue weighted by Gasteiger charge is 2.25. The highest BCUT2D eigenvalue weighted by atomic mass is 16.7. The number of nitrogens with zero attached hydrogens (tertiary/aromatic N) is 1. The summed E-state index contributed by atoms with van der Waals surface area (Å²) in [7, 11) is 5.97. The van der Waals surface area contributed by atoms with Gasteiger partial charge in [-0.2, -0.15) is 0 Å². The number of aliphatic carboxylic acids is 1. The van der Waals surface area contributed by atoms with E-state index in [4.69, 9.17) is 18.9 Å². The lowest BCUT2D eigenvalue weighted by Gasteiger charge is -2.25. The number of hydrogen-bond acceptors (Lipinski definition) is 7. The van der Waals surface area contributed by atoms with E-state index in [-0.39, 0.29) is 32.2 Å². The van der Waals surface area contributed by atoms with Crippen LogP contribution in [0.4, 0.5) is 0 Å². The molecule has 0 aliphatic carbocycles. The molecule has 0 bridgehead atoms. The van der Waals surface area contributed by atoms with Crippen LogP contribution in [-0.4, -0.2) is 87.4 Å². The number of hydrogen-bond donors (Lipinski definition) is 1. The number of allylic oxidation sites excluding steroid dienone is 14. The van der Waals surface area contributed by atoms with E-state index < -0.39 is 24.3 Å². The third-order valence-corrected chi connectivity index (χ3v) is 15.2. The van der Waals surface area contributed by atoms with E-state index >= 15 is 0 Å². The molecule has 0 amide bonds. The number of carbonyl (C=O) groups is 3. The number of carbonyl (C=O) groups excluding carboxylic acids is 2. The largest absolute Gasteiger partial charge is 0.477 e. The minimum Gasteiger partial charge on any atom is -0.477 e. The number of rotatable bonds is 64. The summed E-state index contributed by atoms with van der Waals surface area (Å²) in [4.78, 5) is 37.6. The molecule has 0 aromatic heterocycles. The predicted octanol–water partition coefficient (Wildman–Crippen LogP) is 21.5. The Hall–Kier alpha value is -3.53. The molecule has 2 unspecified atom stereocenters. The lowest BCUT2D eigenvalue weighted by Crippen LogP contribution is -2.40. The van der Waals surface area contributed by atoms with E-state index in [1.807, 2.05) is 21.1 Å².